The van der Waals surface area contributed by atoms with E-state index in [1.807, 2.05) is 27.8 Å². The summed E-state index contributed by atoms with van der Waals surface area (Å²) in [5.74, 6) is 0.761. The summed E-state index contributed by atoms with van der Waals surface area (Å²) >= 11 is 3.42. The molecule has 0 saturated carbocycles. The molecule has 0 atom stereocenters. The number of hydrogen-bond donors (Lipinski definition) is 0. The molecule has 0 radical (unpaired) electrons. The number of halogens is 1. The van der Waals surface area contributed by atoms with Crippen LogP contribution in [0.2, 0.25) is 0 Å². The van der Waals surface area contributed by atoms with Crippen molar-refractivity contribution in [3.05, 3.63) is 23.7 Å². The Hall–Kier alpha value is -0.770. The van der Waals surface area contributed by atoms with Gasteiger partial charge >= 0.3 is 0 Å². The minimum atomic E-state index is -0.209. The molecule has 0 aliphatic rings. The van der Waals surface area contributed by atoms with Crippen molar-refractivity contribution in [3.63, 3.8) is 0 Å². The lowest BCUT2D eigenvalue weighted by Gasteiger charge is -2.34. The van der Waals surface area contributed by atoms with Gasteiger partial charge in [-0.2, -0.15) is 0 Å². The first kappa shape index (κ1) is 13.3. The molecular formula is C12H18BrNO2. The Bertz CT molecular complexity index is 371. The summed E-state index contributed by atoms with van der Waals surface area (Å²) in [5.41, 5.74) is 0.457. The molecule has 0 fully saturated rings. The van der Waals surface area contributed by atoms with E-state index in [0.29, 0.717) is 5.56 Å². The smallest absolute Gasteiger partial charge is 0.257 e. The van der Waals surface area contributed by atoms with Gasteiger partial charge in [0.15, 0.2) is 0 Å². The molecule has 0 unspecified atom stereocenters. The molecule has 16 heavy (non-hydrogen) atoms. The average molecular weight is 288 g/mol. The molecule has 0 aliphatic carbocycles. The number of nitrogens with zero attached hydrogens (tertiary/aromatic N) is 1. The van der Waals surface area contributed by atoms with Crippen LogP contribution in [0.5, 0.6) is 0 Å². The van der Waals surface area contributed by atoms with Gasteiger partial charge < -0.3 is 9.32 Å². The van der Waals surface area contributed by atoms with Gasteiger partial charge in [-0.3, -0.25) is 4.79 Å². The predicted octanol–water partition coefficient (Wildman–Crippen LogP) is 3.09. The standard InChI is InChI=1S/C12H18BrNO2/c1-5-10-9(6-7-16-10)11(15)14(4)12(2,3)8-13/h6-7H,5,8H2,1-4H3. The molecule has 1 amide bonds. The van der Waals surface area contributed by atoms with E-state index in [9.17, 15) is 4.79 Å². The number of aryl methyl sites for hydroxylation is 1. The molecule has 0 aromatic carbocycles. The molecule has 4 heteroatoms. The molecule has 0 spiro atoms. The Labute approximate surface area is 105 Å². The van der Waals surface area contributed by atoms with Crippen LogP contribution in [0.3, 0.4) is 0 Å². The van der Waals surface area contributed by atoms with Gasteiger partial charge in [-0.1, -0.05) is 22.9 Å². The number of amides is 1. The van der Waals surface area contributed by atoms with E-state index in [-0.39, 0.29) is 11.4 Å². The van der Waals surface area contributed by atoms with Crippen LogP contribution in [0.25, 0.3) is 0 Å². The molecule has 0 N–H and O–H groups in total. The van der Waals surface area contributed by atoms with E-state index in [0.717, 1.165) is 17.5 Å². The summed E-state index contributed by atoms with van der Waals surface area (Å²) < 4.78 is 5.27. The van der Waals surface area contributed by atoms with E-state index in [1.165, 1.54) is 0 Å². The topological polar surface area (TPSA) is 33.5 Å². The first-order valence-electron chi connectivity index (χ1n) is 5.34. The number of carbonyl (C=O) groups excluding carboxylic acids is 1. The molecule has 0 saturated heterocycles. The van der Waals surface area contributed by atoms with Gasteiger partial charge in [0.1, 0.15) is 5.76 Å². The zero-order valence-corrected chi connectivity index (χ0v) is 11.8. The van der Waals surface area contributed by atoms with Crippen molar-refractivity contribution >= 4 is 21.8 Å². The minimum absolute atomic E-state index is 0.00931. The van der Waals surface area contributed by atoms with Crippen molar-refractivity contribution < 1.29 is 9.21 Å². The second-order valence-corrected chi connectivity index (χ2v) is 4.98. The summed E-state index contributed by atoms with van der Waals surface area (Å²) in [6.45, 7) is 6.02. The lowest BCUT2D eigenvalue weighted by molar-refractivity contribution is 0.0661. The highest BCUT2D eigenvalue weighted by molar-refractivity contribution is 9.09. The highest BCUT2D eigenvalue weighted by Crippen LogP contribution is 2.20. The SMILES string of the molecule is CCc1occc1C(=O)N(C)C(C)(C)CBr. The zero-order chi connectivity index (χ0) is 12.3. The Morgan fingerprint density at radius 2 is 2.19 bits per heavy atom. The van der Waals surface area contributed by atoms with Gasteiger partial charge in [-0.25, -0.2) is 0 Å². The van der Waals surface area contributed by atoms with Crippen LogP contribution in [-0.4, -0.2) is 28.7 Å². The van der Waals surface area contributed by atoms with Gasteiger partial charge in [0.25, 0.3) is 5.91 Å². The van der Waals surface area contributed by atoms with Crippen LogP contribution in [0.4, 0.5) is 0 Å². The number of carbonyl (C=O) groups is 1. The molecule has 0 bridgehead atoms. The zero-order valence-electron chi connectivity index (χ0n) is 10.2. The van der Waals surface area contributed by atoms with Crippen LogP contribution >= 0.6 is 15.9 Å². The third kappa shape index (κ3) is 2.48. The monoisotopic (exact) mass is 287 g/mol. The first-order chi connectivity index (χ1) is 7.44. The van der Waals surface area contributed by atoms with Crippen molar-refractivity contribution in [2.75, 3.05) is 12.4 Å². The number of alkyl halides is 1. The Balaban J connectivity index is 2.95. The van der Waals surface area contributed by atoms with E-state index in [1.54, 1.807) is 17.2 Å². The van der Waals surface area contributed by atoms with Crippen molar-refractivity contribution in [1.82, 2.24) is 4.90 Å². The van der Waals surface area contributed by atoms with Crippen molar-refractivity contribution in [2.45, 2.75) is 32.7 Å². The van der Waals surface area contributed by atoms with Crippen molar-refractivity contribution in [3.8, 4) is 0 Å². The number of hydrogen-bond acceptors (Lipinski definition) is 2. The largest absolute Gasteiger partial charge is 0.469 e. The van der Waals surface area contributed by atoms with Gasteiger partial charge in [0, 0.05) is 24.3 Å². The van der Waals surface area contributed by atoms with Gasteiger partial charge in [0.2, 0.25) is 0 Å². The van der Waals surface area contributed by atoms with Gasteiger partial charge in [0.05, 0.1) is 11.8 Å². The second-order valence-electron chi connectivity index (χ2n) is 4.42. The van der Waals surface area contributed by atoms with Gasteiger partial charge in [-0.05, 0) is 19.9 Å². The maximum absolute atomic E-state index is 12.2. The summed E-state index contributed by atoms with van der Waals surface area (Å²) in [4.78, 5) is 14.0. The van der Waals surface area contributed by atoms with Crippen LogP contribution in [0.1, 0.15) is 36.9 Å². The minimum Gasteiger partial charge on any atom is -0.469 e. The average Bonchev–Trinajstić information content (AvgIpc) is 2.74. The maximum atomic E-state index is 12.2. The van der Waals surface area contributed by atoms with Crippen molar-refractivity contribution in [2.24, 2.45) is 0 Å². The second kappa shape index (κ2) is 5.04. The normalized spacial score (nSPS) is 11.6. The highest BCUT2D eigenvalue weighted by atomic mass is 79.9. The molecular weight excluding hydrogens is 270 g/mol. The lowest BCUT2D eigenvalue weighted by Crippen LogP contribution is -2.46. The fourth-order valence-corrected chi connectivity index (χ4v) is 1.73. The predicted molar refractivity (Wildman–Crippen MR) is 68.1 cm³/mol. The van der Waals surface area contributed by atoms with Crippen LogP contribution in [0, 0.1) is 0 Å². The molecule has 0 aliphatic heterocycles. The molecule has 3 nitrogen and oxygen atoms in total. The maximum Gasteiger partial charge on any atom is 0.257 e. The molecule has 90 valence electrons. The molecule has 1 aromatic heterocycles. The summed E-state index contributed by atoms with van der Waals surface area (Å²) in [6, 6.07) is 1.74. The number of rotatable bonds is 4. The highest BCUT2D eigenvalue weighted by Gasteiger charge is 2.28. The third-order valence-electron chi connectivity index (χ3n) is 2.84. The Morgan fingerprint density at radius 3 is 2.69 bits per heavy atom. The molecule has 1 rings (SSSR count). The van der Waals surface area contributed by atoms with Gasteiger partial charge in [-0.15, -0.1) is 0 Å². The summed E-state index contributed by atoms with van der Waals surface area (Å²) in [6.07, 6.45) is 2.30. The molecule has 1 heterocycles. The van der Waals surface area contributed by atoms with Crippen molar-refractivity contribution in [1.29, 1.82) is 0 Å². The first-order valence-corrected chi connectivity index (χ1v) is 6.46. The van der Waals surface area contributed by atoms with E-state index >= 15 is 0 Å². The van der Waals surface area contributed by atoms with E-state index in [2.05, 4.69) is 15.9 Å². The molecule has 1 aromatic rings. The summed E-state index contributed by atoms with van der Waals surface area (Å²) in [7, 11) is 1.82. The third-order valence-corrected chi connectivity index (χ3v) is 4.21. The van der Waals surface area contributed by atoms with E-state index in [4.69, 9.17) is 4.42 Å². The Morgan fingerprint density at radius 1 is 1.56 bits per heavy atom. The summed E-state index contributed by atoms with van der Waals surface area (Å²) in [5, 5.41) is 0.738. The van der Waals surface area contributed by atoms with Crippen LogP contribution < -0.4 is 0 Å². The Kier molecular flexibility index (Phi) is 4.19. The lowest BCUT2D eigenvalue weighted by atomic mass is 10.0. The van der Waals surface area contributed by atoms with Crippen LogP contribution in [-0.2, 0) is 6.42 Å². The number of furan rings is 1. The quantitative estimate of drug-likeness (QED) is 0.798. The fourth-order valence-electron chi connectivity index (χ4n) is 1.35. The van der Waals surface area contributed by atoms with Crippen LogP contribution in [0.15, 0.2) is 16.7 Å². The fraction of sp³-hybridized carbons (Fsp3) is 0.583. The van der Waals surface area contributed by atoms with E-state index < -0.39 is 0 Å².